The summed E-state index contributed by atoms with van der Waals surface area (Å²) in [6.45, 7) is 11.8. The van der Waals surface area contributed by atoms with Gasteiger partial charge in [-0.15, -0.1) is 0 Å². The fourth-order valence-electron chi connectivity index (χ4n) is 3.33. The highest BCUT2D eigenvalue weighted by Crippen LogP contribution is 2.40. The van der Waals surface area contributed by atoms with E-state index in [4.69, 9.17) is 0 Å². The van der Waals surface area contributed by atoms with Crippen molar-refractivity contribution in [2.75, 3.05) is 6.54 Å². The van der Waals surface area contributed by atoms with Crippen molar-refractivity contribution in [2.24, 2.45) is 5.41 Å². The number of aliphatic hydroxyl groups is 1. The Balaban J connectivity index is 1.93. The van der Waals surface area contributed by atoms with E-state index in [0.29, 0.717) is 12.0 Å². The topological polar surface area (TPSA) is 32.3 Å². The monoisotopic (exact) mass is 289 g/mol. The molecule has 1 aliphatic carbocycles. The summed E-state index contributed by atoms with van der Waals surface area (Å²) in [5.74, 6) is 0. The van der Waals surface area contributed by atoms with Crippen LogP contribution in [0, 0.1) is 19.3 Å². The van der Waals surface area contributed by atoms with Crippen molar-refractivity contribution in [3.8, 4) is 0 Å². The lowest BCUT2D eigenvalue weighted by Gasteiger charge is -2.41. The third-order valence-corrected chi connectivity index (χ3v) is 5.16. The van der Waals surface area contributed by atoms with Crippen molar-refractivity contribution in [1.82, 2.24) is 5.32 Å². The first-order chi connectivity index (χ1) is 9.71. The Morgan fingerprint density at radius 2 is 1.76 bits per heavy atom. The van der Waals surface area contributed by atoms with E-state index < -0.39 is 5.60 Å². The van der Waals surface area contributed by atoms with Gasteiger partial charge in [0.2, 0.25) is 0 Å². The van der Waals surface area contributed by atoms with E-state index in [1.807, 2.05) is 0 Å². The lowest BCUT2D eigenvalue weighted by molar-refractivity contribution is -0.0258. The Bertz CT molecular complexity index is 482. The molecule has 2 nitrogen and oxygen atoms in total. The largest absolute Gasteiger partial charge is 0.389 e. The summed E-state index contributed by atoms with van der Waals surface area (Å²) < 4.78 is 0. The van der Waals surface area contributed by atoms with Gasteiger partial charge in [0.15, 0.2) is 0 Å². The highest BCUT2D eigenvalue weighted by Gasteiger charge is 2.36. The Morgan fingerprint density at radius 1 is 1.14 bits per heavy atom. The summed E-state index contributed by atoms with van der Waals surface area (Å²) in [6.07, 6.45) is 4.05. The molecule has 1 aliphatic rings. The molecule has 2 rings (SSSR count). The van der Waals surface area contributed by atoms with Crippen molar-refractivity contribution in [1.29, 1.82) is 0 Å². The minimum absolute atomic E-state index is 0.282. The molecule has 1 aromatic carbocycles. The molecule has 118 valence electrons. The number of rotatable bonds is 4. The van der Waals surface area contributed by atoms with Crippen LogP contribution in [-0.4, -0.2) is 17.3 Å². The normalized spacial score (nSPS) is 22.0. The standard InChI is InChI=1S/C19H31NO/c1-14-6-7-17(15(2)12-14)16(3)20-13-19(21)10-8-18(4,5)9-11-19/h6-7,12,16,20-21H,8-11,13H2,1-5H3. The molecule has 0 aliphatic heterocycles. The third kappa shape index (κ3) is 4.31. The first-order valence-electron chi connectivity index (χ1n) is 8.24. The first kappa shape index (κ1) is 16.5. The summed E-state index contributed by atoms with van der Waals surface area (Å²) in [7, 11) is 0. The van der Waals surface area contributed by atoms with E-state index >= 15 is 0 Å². The van der Waals surface area contributed by atoms with Crippen molar-refractivity contribution in [3.63, 3.8) is 0 Å². The molecule has 21 heavy (non-hydrogen) atoms. The van der Waals surface area contributed by atoms with E-state index in [1.165, 1.54) is 16.7 Å². The van der Waals surface area contributed by atoms with Gasteiger partial charge in [-0.3, -0.25) is 0 Å². The molecule has 1 aromatic rings. The number of hydrogen-bond acceptors (Lipinski definition) is 2. The lowest BCUT2D eigenvalue weighted by atomic mass is 9.71. The summed E-state index contributed by atoms with van der Waals surface area (Å²) in [6, 6.07) is 6.88. The number of aryl methyl sites for hydroxylation is 2. The van der Waals surface area contributed by atoms with Gasteiger partial charge in [-0.2, -0.15) is 0 Å². The molecular weight excluding hydrogens is 258 g/mol. The van der Waals surface area contributed by atoms with E-state index in [-0.39, 0.29) is 6.04 Å². The van der Waals surface area contributed by atoms with Gasteiger partial charge >= 0.3 is 0 Å². The molecule has 0 saturated heterocycles. The molecule has 2 heteroatoms. The van der Waals surface area contributed by atoms with Crippen molar-refractivity contribution in [2.45, 2.75) is 71.9 Å². The van der Waals surface area contributed by atoms with Crippen molar-refractivity contribution in [3.05, 3.63) is 34.9 Å². The molecule has 0 radical (unpaired) electrons. The molecule has 0 amide bonds. The second kappa shape index (κ2) is 6.10. The molecule has 0 spiro atoms. The molecule has 0 bridgehead atoms. The van der Waals surface area contributed by atoms with Crippen LogP contribution in [0.1, 0.15) is 69.2 Å². The molecule has 1 atom stereocenters. The molecule has 2 N–H and O–H groups in total. The highest BCUT2D eigenvalue weighted by atomic mass is 16.3. The van der Waals surface area contributed by atoms with Gasteiger partial charge in [0.25, 0.3) is 0 Å². The average molecular weight is 289 g/mol. The van der Waals surface area contributed by atoms with Crippen LogP contribution in [0.15, 0.2) is 18.2 Å². The summed E-state index contributed by atoms with van der Waals surface area (Å²) in [4.78, 5) is 0. The Morgan fingerprint density at radius 3 is 2.33 bits per heavy atom. The summed E-state index contributed by atoms with van der Waals surface area (Å²) in [5.41, 5.74) is 3.83. The highest BCUT2D eigenvalue weighted by molar-refractivity contribution is 5.32. The maximum Gasteiger partial charge on any atom is 0.0772 e. The smallest absolute Gasteiger partial charge is 0.0772 e. The van der Waals surface area contributed by atoms with Crippen LogP contribution in [0.5, 0.6) is 0 Å². The third-order valence-electron chi connectivity index (χ3n) is 5.16. The van der Waals surface area contributed by atoms with Gasteiger partial charge < -0.3 is 10.4 Å². The Hall–Kier alpha value is -0.860. The second-order valence-corrected chi connectivity index (χ2v) is 7.85. The number of benzene rings is 1. The van der Waals surface area contributed by atoms with E-state index in [1.54, 1.807) is 0 Å². The Kier molecular flexibility index (Phi) is 4.79. The molecule has 1 fully saturated rings. The summed E-state index contributed by atoms with van der Waals surface area (Å²) in [5, 5.41) is 14.3. The van der Waals surface area contributed by atoms with Crippen LogP contribution in [0.2, 0.25) is 0 Å². The maximum absolute atomic E-state index is 10.8. The van der Waals surface area contributed by atoms with Crippen LogP contribution >= 0.6 is 0 Å². The predicted octanol–water partition coefficient (Wildman–Crippen LogP) is 4.29. The van der Waals surface area contributed by atoms with E-state index in [9.17, 15) is 5.11 Å². The lowest BCUT2D eigenvalue weighted by Crippen LogP contribution is -2.45. The van der Waals surface area contributed by atoms with Gasteiger partial charge in [0.1, 0.15) is 0 Å². The quantitative estimate of drug-likeness (QED) is 0.867. The van der Waals surface area contributed by atoms with Gasteiger partial charge in [-0.05, 0) is 63.0 Å². The minimum Gasteiger partial charge on any atom is -0.389 e. The molecule has 0 aromatic heterocycles. The summed E-state index contributed by atoms with van der Waals surface area (Å²) >= 11 is 0. The van der Waals surface area contributed by atoms with Crippen LogP contribution in [0.25, 0.3) is 0 Å². The van der Waals surface area contributed by atoms with Crippen LogP contribution in [0.3, 0.4) is 0 Å². The zero-order valence-electron chi connectivity index (χ0n) is 14.3. The molecule has 0 heterocycles. The molecule has 1 unspecified atom stereocenters. The Labute approximate surface area is 130 Å². The van der Waals surface area contributed by atoms with E-state index in [0.717, 1.165) is 25.7 Å². The van der Waals surface area contributed by atoms with Crippen molar-refractivity contribution < 1.29 is 5.11 Å². The molecular formula is C19H31NO. The zero-order valence-corrected chi connectivity index (χ0v) is 14.3. The van der Waals surface area contributed by atoms with Gasteiger partial charge in [0.05, 0.1) is 5.60 Å². The second-order valence-electron chi connectivity index (χ2n) is 7.85. The minimum atomic E-state index is -0.525. The fourth-order valence-corrected chi connectivity index (χ4v) is 3.33. The molecule has 1 saturated carbocycles. The van der Waals surface area contributed by atoms with E-state index in [2.05, 4.69) is 58.1 Å². The predicted molar refractivity (Wildman–Crippen MR) is 89.5 cm³/mol. The average Bonchev–Trinajstić information content (AvgIpc) is 2.40. The fraction of sp³-hybridized carbons (Fsp3) is 0.684. The van der Waals surface area contributed by atoms with Gasteiger partial charge in [0, 0.05) is 12.6 Å². The van der Waals surface area contributed by atoms with Gasteiger partial charge in [-0.1, -0.05) is 37.6 Å². The maximum atomic E-state index is 10.8. The van der Waals surface area contributed by atoms with Crippen molar-refractivity contribution >= 4 is 0 Å². The van der Waals surface area contributed by atoms with Crippen LogP contribution < -0.4 is 5.32 Å². The zero-order chi connectivity index (χ0) is 15.7. The SMILES string of the molecule is Cc1ccc(C(C)NCC2(O)CCC(C)(C)CC2)c(C)c1. The number of hydrogen-bond donors (Lipinski definition) is 2. The van der Waals surface area contributed by atoms with Gasteiger partial charge in [-0.25, -0.2) is 0 Å². The number of nitrogens with one attached hydrogen (secondary N) is 1. The first-order valence-corrected chi connectivity index (χ1v) is 8.24. The van der Waals surface area contributed by atoms with Crippen LogP contribution in [-0.2, 0) is 0 Å². The van der Waals surface area contributed by atoms with Crippen LogP contribution in [0.4, 0.5) is 0 Å².